The van der Waals surface area contributed by atoms with Crippen LogP contribution in [0.2, 0.25) is 0 Å². The van der Waals surface area contributed by atoms with Crippen molar-refractivity contribution in [3.05, 3.63) is 59.9 Å². The van der Waals surface area contributed by atoms with E-state index >= 15 is 0 Å². The molecular formula is C19H25N3O2. The molecule has 0 spiro atoms. The molecule has 0 radical (unpaired) electrons. The highest BCUT2D eigenvalue weighted by Gasteiger charge is 2.10. The molecule has 0 saturated heterocycles. The van der Waals surface area contributed by atoms with Crippen molar-refractivity contribution in [3.8, 4) is 5.75 Å². The topological polar surface area (TPSA) is 63.2 Å². The summed E-state index contributed by atoms with van der Waals surface area (Å²) in [6.45, 7) is 3.25. The van der Waals surface area contributed by atoms with E-state index in [1.54, 1.807) is 6.20 Å². The lowest BCUT2D eigenvalue weighted by Gasteiger charge is -2.15. The summed E-state index contributed by atoms with van der Waals surface area (Å²) in [7, 11) is 1.89. The van der Waals surface area contributed by atoms with Crippen LogP contribution in [0, 0.1) is 0 Å². The maximum Gasteiger partial charge on any atom is 0.220 e. The third-order valence-corrected chi connectivity index (χ3v) is 3.68. The van der Waals surface area contributed by atoms with E-state index in [9.17, 15) is 4.79 Å². The summed E-state index contributed by atoms with van der Waals surface area (Å²) < 4.78 is 5.78. The Morgan fingerprint density at radius 1 is 1.25 bits per heavy atom. The molecule has 2 N–H and O–H groups in total. The zero-order chi connectivity index (χ0) is 17.2. The van der Waals surface area contributed by atoms with Gasteiger partial charge in [-0.1, -0.05) is 18.2 Å². The van der Waals surface area contributed by atoms with Gasteiger partial charge in [-0.05, 0) is 56.8 Å². The highest BCUT2D eigenvalue weighted by molar-refractivity contribution is 5.76. The van der Waals surface area contributed by atoms with Crippen molar-refractivity contribution in [3.63, 3.8) is 0 Å². The molecule has 1 atom stereocenters. The van der Waals surface area contributed by atoms with Gasteiger partial charge in [-0.2, -0.15) is 0 Å². The molecule has 24 heavy (non-hydrogen) atoms. The number of pyridine rings is 1. The molecule has 1 aromatic heterocycles. The van der Waals surface area contributed by atoms with E-state index in [2.05, 4.69) is 15.6 Å². The van der Waals surface area contributed by atoms with Crippen molar-refractivity contribution in [1.29, 1.82) is 0 Å². The smallest absolute Gasteiger partial charge is 0.220 e. The average molecular weight is 327 g/mol. The van der Waals surface area contributed by atoms with E-state index < -0.39 is 0 Å². The van der Waals surface area contributed by atoms with Crippen LogP contribution in [-0.4, -0.2) is 24.5 Å². The Labute approximate surface area is 143 Å². The molecule has 1 amide bonds. The van der Waals surface area contributed by atoms with Crippen molar-refractivity contribution in [2.75, 3.05) is 13.6 Å². The van der Waals surface area contributed by atoms with Crippen LogP contribution >= 0.6 is 0 Å². The minimum atomic E-state index is -0.0505. The fourth-order valence-electron chi connectivity index (χ4n) is 2.34. The van der Waals surface area contributed by atoms with E-state index in [1.165, 1.54) is 0 Å². The molecule has 2 rings (SSSR count). The number of hydrogen-bond donors (Lipinski definition) is 2. The number of carbonyl (C=O) groups excluding carboxylic acids is 1. The van der Waals surface area contributed by atoms with Gasteiger partial charge in [0.15, 0.2) is 0 Å². The molecule has 5 nitrogen and oxygen atoms in total. The zero-order valence-corrected chi connectivity index (χ0v) is 14.3. The largest absolute Gasteiger partial charge is 0.487 e. The monoisotopic (exact) mass is 327 g/mol. The van der Waals surface area contributed by atoms with E-state index in [1.807, 2.05) is 56.4 Å². The Kier molecular flexibility index (Phi) is 7.23. The molecular weight excluding hydrogens is 302 g/mol. The Hall–Kier alpha value is -2.40. The molecule has 1 unspecified atom stereocenters. The van der Waals surface area contributed by atoms with Gasteiger partial charge in [0.05, 0.1) is 11.7 Å². The predicted molar refractivity (Wildman–Crippen MR) is 94.7 cm³/mol. The van der Waals surface area contributed by atoms with Crippen LogP contribution in [0.15, 0.2) is 48.7 Å². The lowest BCUT2D eigenvalue weighted by Crippen LogP contribution is -2.27. The summed E-state index contributed by atoms with van der Waals surface area (Å²) in [5.74, 6) is 0.840. The van der Waals surface area contributed by atoms with Gasteiger partial charge in [0, 0.05) is 12.6 Å². The number of aromatic nitrogens is 1. The van der Waals surface area contributed by atoms with E-state index in [-0.39, 0.29) is 11.9 Å². The Morgan fingerprint density at radius 3 is 2.88 bits per heavy atom. The van der Waals surface area contributed by atoms with E-state index in [0.29, 0.717) is 13.0 Å². The van der Waals surface area contributed by atoms with Gasteiger partial charge in [-0.25, -0.2) is 0 Å². The molecule has 0 aliphatic heterocycles. The van der Waals surface area contributed by atoms with Crippen LogP contribution in [0.3, 0.4) is 0 Å². The maximum absolute atomic E-state index is 11.9. The summed E-state index contributed by atoms with van der Waals surface area (Å²) in [6.07, 6.45) is 3.12. The van der Waals surface area contributed by atoms with Crippen LogP contribution in [-0.2, 0) is 11.4 Å². The van der Waals surface area contributed by atoms with Crippen LogP contribution in [0.4, 0.5) is 0 Å². The predicted octanol–water partition coefficient (Wildman–Crippen LogP) is 2.84. The molecule has 0 fully saturated rings. The molecule has 1 aromatic carbocycles. The lowest BCUT2D eigenvalue weighted by molar-refractivity contribution is -0.121. The Morgan fingerprint density at radius 2 is 2.12 bits per heavy atom. The van der Waals surface area contributed by atoms with Crippen molar-refractivity contribution < 1.29 is 9.53 Å². The van der Waals surface area contributed by atoms with Crippen LogP contribution in [0.5, 0.6) is 5.75 Å². The van der Waals surface area contributed by atoms with Crippen molar-refractivity contribution in [2.24, 2.45) is 0 Å². The number of carbonyl (C=O) groups is 1. The van der Waals surface area contributed by atoms with Gasteiger partial charge in [0.1, 0.15) is 12.4 Å². The first kappa shape index (κ1) is 17.9. The first-order valence-corrected chi connectivity index (χ1v) is 8.25. The molecule has 128 valence electrons. The third kappa shape index (κ3) is 6.01. The van der Waals surface area contributed by atoms with Gasteiger partial charge >= 0.3 is 0 Å². The second kappa shape index (κ2) is 9.67. The highest BCUT2D eigenvalue weighted by Crippen LogP contribution is 2.20. The molecule has 0 aliphatic carbocycles. The fourth-order valence-corrected chi connectivity index (χ4v) is 2.34. The fraction of sp³-hybridized carbons (Fsp3) is 0.368. The second-order valence-electron chi connectivity index (χ2n) is 5.68. The number of nitrogens with zero attached hydrogens (tertiary/aromatic N) is 1. The summed E-state index contributed by atoms with van der Waals surface area (Å²) in [5.41, 5.74) is 1.91. The van der Waals surface area contributed by atoms with Crippen LogP contribution in [0.25, 0.3) is 0 Å². The molecule has 1 heterocycles. The molecule has 0 saturated carbocycles. The number of nitrogens with one attached hydrogen (secondary N) is 2. The quantitative estimate of drug-likeness (QED) is 0.695. The van der Waals surface area contributed by atoms with Gasteiger partial charge in [-0.3, -0.25) is 9.78 Å². The summed E-state index contributed by atoms with van der Waals surface area (Å²) in [4.78, 5) is 16.2. The highest BCUT2D eigenvalue weighted by atomic mass is 16.5. The third-order valence-electron chi connectivity index (χ3n) is 3.68. The van der Waals surface area contributed by atoms with E-state index in [4.69, 9.17) is 4.74 Å². The number of hydrogen-bond acceptors (Lipinski definition) is 4. The van der Waals surface area contributed by atoms with Gasteiger partial charge in [-0.15, -0.1) is 0 Å². The molecule has 5 heteroatoms. The number of rotatable bonds is 9. The molecule has 0 aliphatic rings. The normalized spacial score (nSPS) is 11.8. The molecule has 0 bridgehead atoms. The maximum atomic E-state index is 11.9. The summed E-state index contributed by atoms with van der Waals surface area (Å²) >= 11 is 0. The van der Waals surface area contributed by atoms with Gasteiger partial charge in [0.2, 0.25) is 5.91 Å². The van der Waals surface area contributed by atoms with Crippen molar-refractivity contribution in [2.45, 2.75) is 32.4 Å². The first-order valence-electron chi connectivity index (χ1n) is 8.25. The summed E-state index contributed by atoms with van der Waals surface area (Å²) in [5, 5.41) is 6.06. The number of benzene rings is 1. The van der Waals surface area contributed by atoms with Crippen molar-refractivity contribution >= 4 is 5.91 Å². The number of amides is 1. The van der Waals surface area contributed by atoms with Gasteiger partial charge in [0.25, 0.3) is 0 Å². The average Bonchev–Trinajstić information content (AvgIpc) is 2.61. The first-order chi connectivity index (χ1) is 11.7. The number of ether oxygens (including phenoxy) is 1. The van der Waals surface area contributed by atoms with Crippen LogP contribution < -0.4 is 15.4 Å². The standard InChI is InChI=1S/C19H25N3O2/c1-15(22-19(23)10-6-11-20-2)16-7-5-9-18(13-16)24-14-17-8-3-4-12-21-17/h3-5,7-9,12-13,15,20H,6,10-11,14H2,1-2H3,(H,22,23). The summed E-state index contributed by atoms with van der Waals surface area (Å²) in [6, 6.07) is 13.5. The Bertz CT molecular complexity index is 632. The van der Waals surface area contributed by atoms with Crippen LogP contribution in [0.1, 0.15) is 37.1 Å². The zero-order valence-electron chi connectivity index (χ0n) is 14.3. The SMILES string of the molecule is CNCCCC(=O)NC(C)c1cccc(OCc2ccccn2)c1. The van der Waals surface area contributed by atoms with E-state index in [0.717, 1.165) is 30.0 Å². The second-order valence-corrected chi connectivity index (χ2v) is 5.68. The minimum absolute atomic E-state index is 0.0505. The minimum Gasteiger partial charge on any atom is -0.487 e. The lowest BCUT2D eigenvalue weighted by atomic mass is 10.1. The molecule has 2 aromatic rings. The Balaban J connectivity index is 1.88. The van der Waals surface area contributed by atoms with Crippen molar-refractivity contribution in [1.82, 2.24) is 15.6 Å². The van der Waals surface area contributed by atoms with Gasteiger partial charge < -0.3 is 15.4 Å².